The minimum atomic E-state index is -4.43. The second kappa shape index (κ2) is 9.97. The van der Waals surface area contributed by atoms with Crippen molar-refractivity contribution >= 4 is 16.6 Å². The monoisotopic (exact) mass is 478 g/mol. The van der Waals surface area contributed by atoms with Crippen LogP contribution in [0.4, 0.5) is 18.9 Å². The van der Waals surface area contributed by atoms with E-state index in [0.717, 1.165) is 70.5 Å². The molecule has 1 aromatic heterocycles. The third kappa shape index (κ3) is 5.17. The van der Waals surface area contributed by atoms with E-state index in [-0.39, 0.29) is 17.7 Å². The third-order valence-electron chi connectivity index (χ3n) is 7.30. The summed E-state index contributed by atoms with van der Waals surface area (Å²) in [6.07, 6.45) is -0.690. The number of halogens is 3. The summed E-state index contributed by atoms with van der Waals surface area (Å²) < 4.78 is 52.4. The predicted octanol–water partition coefficient (Wildman–Crippen LogP) is 3.64. The summed E-state index contributed by atoms with van der Waals surface area (Å²) in [6, 6.07) is 6.82. The molecule has 2 aromatic rings. The molecule has 2 atom stereocenters. The van der Waals surface area contributed by atoms with Crippen molar-refractivity contribution in [2.24, 2.45) is 0 Å². The number of rotatable bonds is 4. The number of ether oxygens (including phenoxy) is 2. The summed E-state index contributed by atoms with van der Waals surface area (Å²) in [5.74, 6) is 0. The van der Waals surface area contributed by atoms with Gasteiger partial charge in [-0.2, -0.15) is 13.2 Å². The van der Waals surface area contributed by atoms with Crippen molar-refractivity contribution in [3.63, 3.8) is 0 Å². The van der Waals surface area contributed by atoms with Crippen LogP contribution in [0.25, 0.3) is 10.9 Å². The van der Waals surface area contributed by atoms with Gasteiger partial charge in [-0.15, -0.1) is 0 Å². The molecule has 0 unspecified atom stereocenters. The van der Waals surface area contributed by atoms with Crippen molar-refractivity contribution in [1.29, 1.82) is 0 Å². The van der Waals surface area contributed by atoms with E-state index in [0.29, 0.717) is 24.5 Å². The number of benzene rings is 1. The summed E-state index contributed by atoms with van der Waals surface area (Å²) in [5, 5.41) is 0.538. The average Bonchev–Trinajstić information content (AvgIpc) is 2.83. The Labute approximate surface area is 198 Å². The normalized spacial score (nSPS) is 26.3. The molecule has 186 valence electrons. The number of aromatic nitrogens is 1. The summed E-state index contributed by atoms with van der Waals surface area (Å²) in [5.41, 5.74) is 0.114. The molecule has 0 aliphatic carbocycles. The maximum absolute atomic E-state index is 13.5. The standard InChI is InChI=1S/C25H33F3N4O2/c1-18-15-32(23-5-4-22(25(26,27)28)24-21(23)3-2-8-29-24)17-20(34-18)16-30-9-6-19(7-10-30)31-11-13-33-14-12-31/h2-5,8,18-20H,6-7,9-17H2,1H3/t18-,20+/m1/s1. The minimum Gasteiger partial charge on any atom is -0.379 e. The minimum absolute atomic E-state index is 0.00125. The predicted molar refractivity (Wildman–Crippen MR) is 125 cm³/mol. The fourth-order valence-corrected chi connectivity index (χ4v) is 5.70. The lowest BCUT2D eigenvalue weighted by Gasteiger charge is -2.43. The van der Waals surface area contributed by atoms with Crippen molar-refractivity contribution in [1.82, 2.24) is 14.8 Å². The highest BCUT2D eigenvalue weighted by Gasteiger charge is 2.35. The lowest BCUT2D eigenvalue weighted by atomic mass is 10.0. The van der Waals surface area contributed by atoms with E-state index in [1.165, 1.54) is 6.20 Å². The number of pyridine rings is 1. The molecule has 3 fully saturated rings. The molecule has 0 spiro atoms. The van der Waals surface area contributed by atoms with Crippen LogP contribution < -0.4 is 4.90 Å². The molecule has 3 aliphatic rings. The van der Waals surface area contributed by atoms with Crippen LogP contribution in [0.3, 0.4) is 0 Å². The van der Waals surface area contributed by atoms with E-state index in [1.807, 2.05) is 6.92 Å². The Morgan fingerprint density at radius 3 is 2.53 bits per heavy atom. The Bertz CT molecular complexity index is 974. The van der Waals surface area contributed by atoms with Crippen LogP contribution in [-0.4, -0.2) is 92.1 Å². The molecule has 3 saturated heterocycles. The molecule has 9 heteroatoms. The quantitative estimate of drug-likeness (QED) is 0.669. The molecule has 3 aliphatic heterocycles. The van der Waals surface area contributed by atoms with Crippen LogP contribution in [-0.2, 0) is 15.7 Å². The van der Waals surface area contributed by atoms with E-state index < -0.39 is 11.7 Å². The highest BCUT2D eigenvalue weighted by atomic mass is 19.4. The van der Waals surface area contributed by atoms with Crippen LogP contribution in [0.2, 0.25) is 0 Å². The second-order valence-corrected chi connectivity index (χ2v) is 9.68. The molecular weight excluding hydrogens is 445 g/mol. The molecule has 0 N–H and O–H groups in total. The van der Waals surface area contributed by atoms with Gasteiger partial charge in [0.15, 0.2) is 0 Å². The SMILES string of the molecule is C[C@@H]1CN(c2ccc(C(F)(F)F)c3ncccc23)C[C@H](CN2CCC(N3CCOCC3)CC2)O1. The van der Waals surface area contributed by atoms with Crippen LogP contribution in [0.15, 0.2) is 30.5 Å². The number of morpholine rings is 2. The van der Waals surface area contributed by atoms with Gasteiger partial charge in [-0.1, -0.05) is 0 Å². The Balaban J connectivity index is 1.26. The Kier molecular flexibility index (Phi) is 6.97. The topological polar surface area (TPSA) is 41.1 Å². The number of likely N-dealkylation sites (tertiary alicyclic amines) is 1. The summed E-state index contributed by atoms with van der Waals surface area (Å²) in [4.78, 5) is 11.3. The number of alkyl halides is 3. The van der Waals surface area contributed by atoms with Gasteiger partial charge in [0.25, 0.3) is 0 Å². The Hall–Kier alpha value is -1.94. The zero-order valence-electron chi connectivity index (χ0n) is 19.6. The number of nitrogens with zero attached hydrogens (tertiary/aromatic N) is 4. The molecule has 0 amide bonds. The van der Waals surface area contributed by atoms with Gasteiger partial charge in [0.1, 0.15) is 0 Å². The average molecular weight is 479 g/mol. The highest BCUT2D eigenvalue weighted by Crippen LogP contribution is 2.38. The smallest absolute Gasteiger partial charge is 0.379 e. The molecule has 0 radical (unpaired) electrons. The van der Waals surface area contributed by atoms with Crippen LogP contribution in [0, 0.1) is 0 Å². The number of piperidine rings is 1. The maximum Gasteiger partial charge on any atom is 0.418 e. The van der Waals surface area contributed by atoms with Crippen molar-refractivity contribution in [3.05, 3.63) is 36.0 Å². The summed E-state index contributed by atoms with van der Waals surface area (Å²) in [7, 11) is 0. The first-order valence-electron chi connectivity index (χ1n) is 12.3. The summed E-state index contributed by atoms with van der Waals surface area (Å²) in [6.45, 7) is 9.98. The Morgan fingerprint density at radius 2 is 1.79 bits per heavy atom. The lowest BCUT2D eigenvalue weighted by molar-refractivity contribution is -0.136. The second-order valence-electron chi connectivity index (χ2n) is 9.68. The first kappa shape index (κ1) is 23.8. The van der Waals surface area contributed by atoms with Gasteiger partial charge in [0.05, 0.1) is 36.5 Å². The molecule has 1 aromatic carbocycles. The van der Waals surface area contributed by atoms with E-state index in [4.69, 9.17) is 9.47 Å². The van der Waals surface area contributed by atoms with Gasteiger partial charge in [0.2, 0.25) is 0 Å². The Morgan fingerprint density at radius 1 is 1.03 bits per heavy atom. The largest absolute Gasteiger partial charge is 0.418 e. The first-order chi connectivity index (χ1) is 16.4. The molecule has 5 rings (SSSR count). The van der Waals surface area contributed by atoms with E-state index >= 15 is 0 Å². The molecule has 4 heterocycles. The molecule has 34 heavy (non-hydrogen) atoms. The molecule has 0 bridgehead atoms. The van der Waals surface area contributed by atoms with Crippen molar-refractivity contribution in [2.75, 3.05) is 63.9 Å². The van der Waals surface area contributed by atoms with Gasteiger partial charge in [0, 0.05) is 56.0 Å². The maximum atomic E-state index is 13.5. The third-order valence-corrected chi connectivity index (χ3v) is 7.30. The van der Waals surface area contributed by atoms with Crippen LogP contribution >= 0.6 is 0 Å². The highest BCUT2D eigenvalue weighted by molar-refractivity contribution is 5.94. The van der Waals surface area contributed by atoms with Gasteiger partial charge >= 0.3 is 6.18 Å². The van der Waals surface area contributed by atoms with E-state index in [2.05, 4.69) is 19.7 Å². The van der Waals surface area contributed by atoms with Crippen molar-refractivity contribution < 1.29 is 22.6 Å². The van der Waals surface area contributed by atoms with E-state index in [1.54, 1.807) is 18.2 Å². The zero-order valence-corrected chi connectivity index (χ0v) is 19.6. The van der Waals surface area contributed by atoms with Crippen molar-refractivity contribution in [2.45, 2.75) is 44.2 Å². The zero-order chi connectivity index (χ0) is 23.7. The molecule has 6 nitrogen and oxygen atoms in total. The van der Waals surface area contributed by atoms with Gasteiger partial charge in [-0.25, -0.2) is 0 Å². The lowest BCUT2D eigenvalue weighted by Crippen LogP contribution is -2.53. The molecule has 0 saturated carbocycles. The summed E-state index contributed by atoms with van der Waals surface area (Å²) >= 11 is 0. The number of fused-ring (bicyclic) bond motifs is 1. The van der Waals surface area contributed by atoms with Gasteiger partial charge in [-0.05, 0) is 57.1 Å². The van der Waals surface area contributed by atoms with Crippen molar-refractivity contribution in [3.8, 4) is 0 Å². The van der Waals surface area contributed by atoms with Crippen LogP contribution in [0.5, 0.6) is 0 Å². The van der Waals surface area contributed by atoms with Crippen LogP contribution in [0.1, 0.15) is 25.3 Å². The number of hydrogen-bond donors (Lipinski definition) is 0. The fourth-order valence-electron chi connectivity index (χ4n) is 5.70. The molecular formula is C25H33F3N4O2. The van der Waals surface area contributed by atoms with E-state index in [9.17, 15) is 13.2 Å². The van der Waals surface area contributed by atoms with Gasteiger partial charge < -0.3 is 19.3 Å². The first-order valence-corrected chi connectivity index (χ1v) is 12.3. The fraction of sp³-hybridized carbons (Fsp3) is 0.640. The number of hydrogen-bond acceptors (Lipinski definition) is 6. The number of anilines is 1. The van der Waals surface area contributed by atoms with Gasteiger partial charge in [-0.3, -0.25) is 9.88 Å².